The quantitative estimate of drug-likeness (QED) is 0.743. The van der Waals surface area contributed by atoms with Crippen molar-refractivity contribution in [3.63, 3.8) is 0 Å². The molecule has 0 fully saturated rings. The highest BCUT2D eigenvalue weighted by atomic mass is 79.9. The average molecular weight is 227 g/mol. The van der Waals surface area contributed by atoms with Crippen LogP contribution in [0.25, 0.3) is 11.2 Å². The van der Waals surface area contributed by atoms with Gasteiger partial charge in [-0.2, -0.15) is 0 Å². The van der Waals surface area contributed by atoms with Crippen LogP contribution >= 0.6 is 15.9 Å². The molecule has 2 aromatic rings. The van der Waals surface area contributed by atoms with Crippen molar-refractivity contribution >= 4 is 27.1 Å². The monoisotopic (exact) mass is 226 g/mol. The molecule has 0 aliphatic heterocycles. The van der Waals surface area contributed by atoms with E-state index in [2.05, 4.69) is 31.2 Å². The second-order valence-electron chi connectivity index (χ2n) is 2.40. The molecule has 0 atom stereocenters. The molecule has 0 bridgehead atoms. The van der Waals surface area contributed by atoms with Gasteiger partial charge < -0.3 is 0 Å². The lowest BCUT2D eigenvalue weighted by atomic mass is 10.4. The molecular formula is C7H7BrN4. The molecule has 0 aliphatic rings. The van der Waals surface area contributed by atoms with Crippen molar-refractivity contribution in [1.82, 2.24) is 20.0 Å². The maximum Gasteiger partial charge on any atom is 0.178 e. The van der Waals surface area contributed by atoms with E-state index in [0.29, 0.717) is 0 Å². The number of fused-ring (bicyclic) bond motifs is 1. The van der Waals surface area contributed by atoms with Crippen LogP contribution in [0.5, 0.6) is 0 Å². The SMILES string of the molecule is CCn1nnc2cc(Br)cnc21. The van der Waals surface area contributed by atoms with Crippen LogP contribution in [0.2, 0.25) is 0 Å². The predicted octanol–water partition coefficient (Wildman–Crippen LogP) is 1.61. The van der Waals surface area contributed by atoms with Crippen molar-refractivity contribution < 1.29 is 0 Å². The van der Waals surface area contributed by atoms with Gasteiger partial charge in [0, 0.05) is 17.2 Å². The summed E-state index contributed by atoms with van der Waals surface area (Å²) < 4.78 is 2.69. The first kappa shape index (κ1) is 7.67. The lowest BCUT2D eigenvalue weighted by Gasteiger charge is -1.93. The Morgan fingerprint density at radius 3 is 3.17 bits per heavy atom. The molecular weight excluding hydrogens is 220 g/mol. The Kier molecular flexibility index (Phi) is 1.80. The van der Waals surface area contributed by atoms with Crippen LogP contribution in [-0.4, -0.2) is 20.0 Å². The largest absolute Gasteiger partial charge is 0.234 e. The maximum atomic E-state index is 4.20. The number of aryl methyl sites for hydroxylation is 1. The van der Waals surface area contributed by atoms with Gasteiger partial charge in [-0.05, 0) is 28.9 Å². The van der Waals surface area contributed by atoms with Crippen LogP contribution in [0.15, 0.2) is 16.7 Å². The number of hydrogen-bond acceptors (Lipinski definition) is 3. The number of nitrogens with zero attached hydrogens (tertiary/aromatic N) is 4. The first-order valence-electron chi connectivity index (χ1n) is 3.66. The fraction of sp³-hybridized carbons (Fsp3) is 0.286. The first-order chi connectivity index (χ1) is 5.81. The molecule has 62 valence electrons. The number of halogens is 1. The predicted molar refractivity (Wildman–Crippen MR) is 48.7 cm³/mol. The zero-order valence-corrected chi connectivity index (χ0v) is 8.11. The molecule has 0 spiro atoms. The fourth-order valence-electron chi connectivity index (χ4n) is 1.05. The summed E-state index contributed by atoms with van der Waals surface area (Å²) in [6.07, 6.45) is 1.75. The maximum absolute atomic E-state index is 4.20. The summed E-state index contributed by atoms with van der Waals surface area (Å²) in [5.74, 6) is 0. The van der Waals surface area contributed by atoms with Crippen LogP contribution in [0, 0.1) is 0 Å². The molecule has 4 nitrogen and oxygen atoms in total. The van der Waals surface area contributed by atoms with Gasteiger partial charge in [0.25, 0.3) is 0 Å². The number of pyridine rings is 1. The lowest BCUT2D eigenvalue weighted by Crippen LogP contribution is -1.97. The Bertz CT molecular complexity index is 409. The Labute approximate surface area is 77.7 Å². The Morgan fingerprint density at radius 2 is 2.42 bits per heavy atom. The summed E-state index contributed by atoms with van der Waals surface area (Å²) >= 11 is 3.32. The molecule has 2 rings (SSSR count). The molecule has 2 heterocycles. The summed E-state index contributed by atoms with van der Waals surface area (Å²) in [4.78, 5) is 4.20. The van der Waals surface area contributed by atoms with E-state index in [1.807, 2.05) is 13.0 Å². The summed E-state index contributed by atoms with van der Waals surface area (Å²) in [5, 5.41) is 7.91. The third kappa shape index (κ3) is 1.10. The van der Waals surface area contributed by atoms with Crippen LogP contribution in [-0.2, 0) is 6.54 Å². The molecule has 0 radical (unpaired) electrons. The van der Waals surface area contributed by atoms with Gasteiger partial charge in [-0.15, -0.1) is 5.10 Å². The normalized spacial score (nSPS) is 10.8. The van der Waals surface area contributed by atoms with Gasteiger partial charge in [0.1, 0.15) is 5.52 Å². The first-order valence-corrected chi connectivity index (χ1v) is 4.45. The van der Waals surface area contributed by atoms with Crippen molar-refractivity contribution in [2.24, 2.45) is 0 Å². The van der Waals surface area contributed by atoms with Crippen molar-refractivity contribution in [2.45, 2.75) is 13.5 Å². The minimum atomic E-state index is 0.797. The van der Waals surface area contributed by atoms with Gasteiger partial charge in [-0.3, -0.25) is 0 Å². The van der Waals surface area contributed by atoms with E-state index < -0.39 is 0 Å². The molecule has 0 saturated heterocycles. The topological polar surface area (TPSA) is 43.6 Å². The van der Waals surface area contributed by atoms with Gasteiger partial charge >= 0.3 is 0 Å². The van der Waals surface area contributed by atoms with Crippen LogP contribution in [0.4, 0.5) is 0 Å². The smallest absolute Gasteiger partial charge is 0.178 e. The second kappa shape index (κ2) is 2.82. The van der Waals surface area contributed by atoms with Gasteiger partial charge in [-0.25, -0.2) is 9.67 Å². The zero-order chi connectivity index (χ0) is 8.55. The standard InChI is InChI=1S/C7H7BrN4/c1-2-12-7-6(10-11-12)3-5(8)4-9-7/h3-4H,2H2,1H3. The second-order valence-corrected chi connectivity index (χ2v) is 3.32. The van der Waals surface area contributed by atoms with Crippen LogP contribution in [0.3, 0.4) is 0 Å². The van der Waals surface area contributed by atoms with E-state index in [0.717, 1.165) is 22.2 Å². The van der Waals surface area contributed by atoms with Crippen molar-refractivity contribution in [2.75, 3.05) is 0 Å². The van der Waals surface area contributed by atoms with E-state index in [4.69, 9.17) is 0 Å². The Morgan fingerprint density at radius 1 is 1.58 bits per heavy atom. The van der Waals surface area contributed by atoms with Gasteiger partial charge in [0.05, 0.1) is 0 Å². The summed E-state index contributed by atoms with van der Waals surface area (Å²) in [6, 6.07) is 1.90. The van der Waals surface area contributed by atoms with E-state index in [9.17, 15) is 0 Å². The number of hydrogen-bond donors (Lipinski definition) is 0. The van der Waals surface area contributed by atoms with E-state index >= 15 is 0 Å². The molecule has 0 saturated carbocycles. The summed E-state index contributed by atoms with van der Waals surface area (Å²) in [7, 11) is 0. The number of rotatable bonds is 1. The van der Waals surface area contributed by atoms with Gasteiger partial charge in [-0.1, -0.05) is 5.21 Å². The van der Waals surface area contributed by atoms with Crippen molar-refractivity contribution in [1.29, 1.82) is 0 Å². The minimum absolute atomic E-state index is 0.797. The summed E-state index contributed by atoms with van der Waals surface area (Å²) in [5.41, 5.74) is 1.66. The molecule has 12 heavy (non-hydrogen) atoms. The van der Waals surface area contributed by atoms with Crippen LogP contribution in [0.1, 0.15) is 6.92 Å². The Balaban J connectivity index is 2.73. The third-order valence-electron chi connectivity index (χ3n) is 1.62. The Hall–Kier alpha value is -0.970. The van der Waals surface area contributed by atoms with Gasteiger partial charge in [0.2, 0.25) is 0 Å². The number of aromatic nitrogens is 4. The van der Waals surface area contributed by atoms with Crippen molar-refractivity contribution in [3.05, 3.63) is 16.7 Å². The van der Waals surface area contributed by atoms with E-state index in [1.165, 1.54) is 0 Å². The lowest BCUT2D eigenvalue weighted by molar-refractivity contribution is 0.641. The molecule has 2 aromatic heterocycles. The molecule has 5 heteroatoms. The third-order valence-corrected chi connectivity index (χ3v) is 2.05. The highest BCUT2D eigenvalue weighted by Gasteiger charge is 2.03. The molecule has 0 aromatic carbocycles. The van der Waals surface area contributed by atoms with Gasteiger partial charge in [0.15, 0.2) is 5.65 Å². The highest BCUT2D eigenvalue weighted by molar-refractivity contribution is 9.10. The summed E-state index contributed by atoms with van der Waals surface area (Å²) in [6.45, 7) is 2.81. The fourth-order valence-corrected chi connectivity index (χ4v) is 1.37. The minimum Gasteiger partial charge on any atom is -0.234 e. The molecule has 0 N–H and O–H groups in total. The van der Waals surface area contributed by atoms with E-state index in [-0.39, 0.29) is 0 Å². The average Bonchev–Trinajstić information content (AvgIpc) is 2.46. The molecule has 0 aliphatic carbocycles. The van der Waals surface area contributed by atoms with E-state index in [1.54, 1.807) is 10.9 Å². The van der Waals surface area contributed by atoms with Crippen LogP contribution < -0.4 is 0 Å². The van der Waals surface area contributed by atoms with Crippen molar-refractivity contribution in [3.8, 4) is 0 Å². The highest BCUT2D eigenvalue weighted by Crippen LogP contribution is 2.14. The molecule has 0 unspecified atom stereocenters. The molecule has 0 amide bonds. The zero-order valence-electron chi connectivity index (χ0n) is 6.53.